The molecular weight excluding hydrogens is 326 g/mol. The van der Waals surface area contributed by atoms with Gasteiger partial charge in [-0.15, -0.1) is 0 Å². The van der Waals surface area contributed by atoms with Gasteiger partial charge in [0.2, 0.25) is 0 Å². The van der Waals surface area contributed by atoms with Crippen molar-refractivity contribution in [1.82, 2.24) is 9.55 Å². The van der Waals surface area contributed by atoms with Crippen LogP contribution in [0, 0.1) is 17.0 Å². The standard InChI is InChI=1S/C21H17N3O2/c1-15-19-13-22-11-10-20(19)23(14-16-6-3-2-4-7-16)21(15)17-8-5-9-18(12-17)24(25)26/h2-13H,14H2,1H3. The van der Waals surface area contributed by atoms with Gasteiger partial charge in [-0.1, -0.05) is 42.5 Å². The van der Waals surface area contributed by atoms with E-state index in [-0.39, 0.29) is 10.6 Å². The molecule has 2 aromatic carbocycles. The van der Waals surface area contributed by atoms with Gasteiger partial charge in [-0.05, 0) is 24.1 Å². The highest BCUT2D eigenvalue weighted by Crippen LogP contribution is 2.34. The summed E-state index contributed by atoms with van der Waals surface area (Å²) in [5, 5.41) is 12.3. The third-order valence-corrected chi connectivity index (χ3v) is 4.63. The van der Waals surface area contributed by atoms with Gasteiger partial charge in [0.05, 0.1) is 16.1 Å². The molecule has 0 spiro atoms. The first kappa shape index (κ1) is 16.0. The lowest BCUT2D eigenvalue weighted by atomic mass is 10.1. The molecule has 0 amide bonds. The van der Waals surface area contributed by atoms with Crippen molar-refractivity contribution in [2.45, 2.75) is 13.5 Å². The maximum atomic E-state index is 11.2. The van der Waals surface area contributed by atoms with Crippen LogP contribution < -0.4 is 0 Å². The summed E-state index contributed by atoms with van der Waals surface area (Å²) < 4.78 is 2.21. The highest BCUT2D eigenvalue weighted by Gasteiger charge is 2.18. The summed E-state index contributed by atoms with van der Waals surface area (Å²) in [6.07, 6.45) is 3.63. The molecule has 4 rings (SSSR count). The third-order valence-electron chi connectivity index (χ3n) is 4.63. The van der Waals surface area contributed by atoms with Gasteiger partial charge < -0.3 is 4.57 Å². The molecule has 0 unspecified atom stereocenters. The van der Waals surface area contributed by atoms with E-state index < -0.39 is 0 Å². The van der Waals surface area contributed by atoms with E-state index in [9.17, 15) is 10.1 Å². The van der Waals surface area contributed by atoms with E-state index in [2.05, 4.69) is 21.7 Å². The SMILES string of the molecule is Cc1c(-c2cccc([N+](=O)[O-])c2)n(Cc2ccccc2)c2ccncc12. The molecule has 2 aromatic heterocycles. The van der Waals surface area contributed by atoms with Crippen molar-refractivity contribution in [2.24, 2.45) is 0 Å². The summed E-state index contributed by atoms with van der Waals surface area (Å²) in [6, 6.07) is 19.0. The molecule has 0 aliphatic heterocycles. The van der Waals surface area contributed by atoms with Crippen LogP contribution in [0.25, 0.3) is 22.2 Å². The second kappa shape index (κ2) is 6.44. The number of benzene rings is 2. The molecule has 0 N–H and O–H groups in total. The molecule has 4 aromatic rings. The average molecular weight is 343 g/mol. The summed E-state index contributed by atoms with van der Waals surface area (Å²) >= 11 is 0. The van der Waals surface area contributed by atoms with Crippen LogP contribution in [0.15, 0.2) is 73.1 Å². The molecule has 5 heteroatoms. The molecule has 26 heavy (non-hydrogen) atoms. The second-order valence-electron chi connectivity index (χ2n) is 6.25. The van der Waals surface area contributed by atoms with Crippen molar-refractivity contribution in [3.05, 3.63) is 94.3 Å². The van der Waals surface area contributed by atoms with Crippen molar-refractivity contribution >= 4 is 16.6 Å². The van der Waals surface area contributed by atoms with Crippen molar-refractivity contribution in [3.63, 3.8) is 0 Å². The zero-order valence-electron chi connectivity index (χ0n) is 14.3. The summed E-state index contributed by atoms with van der Waals surface area (Å²) in [4.78, 5) is 15.1. The van der Waals surface area contributed by atoms with E-state index in [1.165, 1.54) is 11.6 Å². The molecular formula is C21H17N3O2. The number of fused-ring (bicyclic) bond motifs is 1. The molecule has 0 aliphatic rings. The van der Waals surface area contributed by atoms with Crippen molar-refractivity contribution in [1.29, 1.82) is 0 Å². The molecule has 2 heterocycles. The van der Waals surface area contributed by atoms with Gasteiger partial charge in [0, 0.05) is 42.0 Å². The van der Waals surface area contributed by atoms with Crippen LogP contribution in [0.3, 0.4) is 0 Å². The van der Waals surface area contributed by atoms with Gasteiger partial charge >= 0.3 is 0 Å². The average Bonchev–Trinajstić information content (AvgIpc) is 2.95. The lowest BCUT2D eigenvalue weighted by Crippen LogP contribution is -2.02. The van der Waals surface area contributed by atoms with E-state index in [1.54, 1.807) is 18.3 Å². The van der Waals surface area contributed by atoms with E-state index in [4.69, 9.17) is 0 Å². The van der Waals surface area contributed by atoms with Gasteiger partial charge in [0.25, 0.3) is 5.69 Å². The number of aryl methyl sites for hydroxylation is 1. The lowest BCUT2D eigenvalue weighted by Gasteiger charge is -2.12. The van der Waals surface area contributed by atoms with Crippen LogP contribution >= 0.6 is 0 Å². The minimum Gasteiger partial charge on any atom is -0.336 e. The van der Waals surface area contributed by atoms with E-state index in [1.807, 2.05) is 43.5 Å². The van der Waals surface area contributed by atoms with Gasteiger partial charge in [0.1, 0.15) is 0 Å². The van der Waals surface area contributed by atoms with E-state index >= 15 is 0 Å². The van der Waals surface area contributed by atoms with Crippen LogP contribution in [0.5, 0.6) is 0 Å². The summed E-state index contributed by atoms with van der Waals surface area (Å²) in [5.74, 6) is 0. The first-order valence-electron chi connectivity index (χ1n) is 8.36. The van der Waals surface area contributed by atoms with Gasteiger partial charge in [-0.25, -0.2) is 0 Å². The summed E-state index contributed by atoms with van der Waals surface area (Å²) in [7, 11) is 0. The normalized spacial score (nSPS) is 11.0. The minimum atomic E-state index is -0.357. The number of rotatable bonds is 4. The van der Waals surface area contributed by atoms with E-state index in [0.717, 1.165) is 27.7 Å². The molecule has 0 atom stereocenters. The van der Waals surface area contributed by atoms with E-state index in [0.29, 0.717) is 6.54 Å². The Balaban J connectivity index is 1.96. The lowest BCUT2D eigenvalue weighted by molar-refractivity contribution is -0.384. The number of non-ortho nitro benzene ring substituents is 1. The monoisotopic (exact) mass is 343 g/mol. The second-order valence-corrected chi connectivity index (χ2v) is 6.25. The number of hydrogen-bond acceptors (Lipinski definition) is 3. The first-order valence-corrected chi connectivity index (χ1v) is 8.36. The maximum Gasteiger partial charge on any atom is 0.270 e. The maximum absolute atomic E-state index is 11.2. The van der Waals surface area contributed by atoms with Crippen LogP contribution in [-0.4, -0.2) is 14.5 Å². The highest BCUT2D eigenvalue weighted by molar-refractivity contribution is 5.91. The molecule has 0 saturated carbocycles. The van der Waals surface area contributed by atoms with Gasteiger partial charge in [0.15, 0.2) is 0 Å². The predicted molar refractivity (Wildman–Crippen MR) is 102 cm³/mol. The smallest absolute Gasteiger partial charge is 0.270 e. The Bertz CT molecular complexity index is 1100. The minimum absolute atomic E-state index is 0.0940. The van der Waals surface area contributed by atoms with Crippen LogP contribution in [-0.2, 0) is 6.54 Å². The number of pyridine rings is 1. The van der Waals surface area contributed by atoms with Crippen molar-refractivity contribution < 1.29 is 4.92 Å². The Hall–Kier alpha value is -3.47. The molecule has 128 valence electrons. The van der Waals surface area contributed by atoms with Crippen LogP contribution in [0.1, 0.15) is 11.1 Å². The summed E-state index contributed by atoms with van der Waals surface area (Å²) in [6.45, 7) is 2.73. The molecule has 5 nitrogen and oxygen atoms in total. The topological polar surface area (TPSA) is 61.0 Å². The number of aromatic nitrogens is 2. The molecule has 0 bridgehead atoms. The molecule has 0 radical (unpaired) electrons. The first-order chi connectivity index (χ1) is 12.6. The molecule has 0 saturated heterocycles. The Morgan fingerprint density at radius 3 is 2.65 bits per heavy atom. The number of nitro groups is 1. The number of nitrogens with zero attached hydrogens (tertiary/aromatic N) is 3. The fourth-order valence-electron chi connectivity index (χ4n) is 3.43. The Kier molecular flexibility index (Phi) is 3.97. The Morgan fingerprint density at radius 2 is 1.88 bits per heavy atom. The Labute approximate surface area is 150 Å². The van der Waals surface area contributed by atoms with Gasteiger partial charge in [-0.3, -0.25) is 15.1 Å². The van der Waals surface area contributed by atoms with Crippen LogP contribution in [0.2, 0.25) is 0 Å². The van der Waals surface area contributed by atoms with Crippen LogP contribution in [0.4, 0.5) is 5.69 Å². The largest absolute Gasteiger partial charge is 0.336 e. The number of hydrogen-bond donors (Lipinski definition) is 0. The molecule has 0 aliphatic carbocycles. The highest BCUT2D eigenvalue weighted by atomic mass is 16.6. The number of nitro benzene ring substituents is 1. The Morgan fingerprint density at radius 1 is 1.08 bits per heavy atom. The fourth-order valence-corrected chi connectivity index (χ4v) is 3.43. The fraction of sp³-hybridized carbons (Fsp3) is 0.0952. The third kappa shape index (κ3) is 2.73. The molecule has 0 fully saturated rings. The van der Waals surface area contributed by atoms with Gasteiger partial charge in [-0.2, -0.15) is 0 Å². The predicted octanol–water partition coefficient (Wildman–Crippen LogP) is 4.97. The van der Waals surface area contributed by atoms with Crippen molar-refractivity contribution in [2.75, 3.05) is 0 Å². The zero-order valence-corrected chi connectivity index (χ0v) is 14.3. The zero-order chi connectivity index (χ0) is 18.1. The quantitative estimate of drug-likeness (QED) is 0.388. The van der Waals surface area contributed by atoms with Crippen molar-refractivity contribution in [3.8, 4) is 11.3 Å². The summed E-state index contributed by atoms with van der Waals surface area (Å²) in [5.41, 5.74) is 5.24.